The number of phenolic OH excluding ortho intramolecular Hbond substituents is 2. The summed E-state index contributed by atoms with van der Waals surface area (Å²) in [5.74, 6) is -1.18. The summed E-state index contributed by atoms with van der Waals surface area (Å²) in [7, 11) is 1.27. The van der Waals surface area contributed by atoms with Gasteiger partial charge < -0.3 is 14.9 Å². The molecule has 0 heterocycles. The Morgan fingerprint density at radius 2 is 2.14 bits per heavy atom. The highest BCUT2D eigenvalue weighted by Crippen LogP contribution is 2.34. The van der Waals surface area contributed by atoms with E-state index in [-0.39, 0.29) is 22.9 Å². The number of carbonyl (C=O) groups excluding carboxylic acids is 1. The molecule has 5 heteroatoms. The minimum atomic E-state index is -0.439. The zero-order valence-electron chi connectivity index (χ0n) is 7.45. The Balaban J connectivity index is 2.95. The highest BCUT2D eigenvalue weighted by molar-refractivity contribution is 6.32. The normalized spacial score (nSPS) is 9.86. The van der Waals surface area contributed by atoms with Crippen LogP contribution in [0.25, 0.3) is 0 Å². The monoisotopic (exact) mass is 216 g/mol. The van der Waals surface area contributed by atoms with E-state index in [0.717, 1.165) is 0 Å². The molecule has 76 valence electrons. The van der Waals surface area contributed by atoms with E-state index >= 15 is 0 Å². The van der Waals surface area contributed by atoms with Gasteiger partial charge in [-0.15, -0.1) is 0 Å². The highest BCUT2D eigenvalue weighted by Gasteiger charge is 2.10. The van der Waals surface area contributed by atoms with Crippen molar-refractivity contribution < 1.29 is 19.7 Å². The molecule has 0 aliphatic carbocycles. The number of carbonyl (C=O) groups is 1. The maximum absolute atomic E-state index is 10.9. The lowest BCUT2D eigenvalue weighted by atomic mass is 10.1. The fraction of sp³-hybridized carbons (Fsp3) is 0.222. The lowest BCUT2D eigenvalue weighted by Gasteiger charge is -2.04. The van der Waals surface area contributed by atoms with Gasteiger partial charge >= 0.3 is 5.97 Å². The molecule has 0 bridgehead atoms. The summed E-state index contributed by atoms with van der Waals surface area (Å²) in [5.41, 5.74) is 0.483. The van der Waals surface area contributed by atoms with E-state index in [1.165, 1.54) is 19.2 Å². The topological polar surface area (TPSA) is 66.8 Å². The quantitative estimate of drug-likeness (QED) is 0.580. The van der Waals surface area contributed by atoms with Gasteiger partial charge in [-0.3, -0.25) is 4.79 Å². The Kier molecular flexibility index (Phi) is 3.19. The predicted octanol–water partition coefficient (Wildman–Crippen LogP) is 1.47. The summed E-state index contributed by atoms with van der Waals surface area (Å²) in [6, 6.07) is 2.66. The molecule has 4 nitrogen and oxygen atoms in total. The van der Waals surface area contributed by atoms with Gasteiger partial charge in [-0.25, -0.2) is 0 Å². The van der Waals surface area contributed by atoms with Gasteiger partial charge in [0.05, 0.1) is 18.6 Å². The van der Waals surface area contributed by atoms with Crippen LogP contribution in [0.2, 0.25) is 5.02 Å². The third-order valence-electron chi connectivity index (χ3n) is 1.68. The molecule has 0 aliphatic heterocycles. The fourth-order valence-electron chi connectivity index (χ4n) is 0.980. The van der Waals surface area contributed by atoms with Crippen molar-refractivity contribution >= 4 is 17.6 Å². The molecular formula is C9H9ClO4. The number of benzene rings is 1. The second kappa shape index (κ2) is 4.19. The van der Waals surface area contributed by atoms with Crippen LogP contribution in [0, 0.1) is 0 Å². The number of hydrogen-bond donors (Lipinski definition) is 2. The van der Waals surface area contributed by atoms with Crippen molar-refractivity contribution in [3.63, 3.8) is 0 Å². The fourth-order valence-corrected chi connectivity index (χ4v) is 1.22. The number of phenols is 2. The molecule has 0 spiro atoms. The minimum absolute atomic E-state index is 0.00361. The van der Waals surface area contributed by atoms with Crippen LogP contribution in [-0.2, 0) is 16.0 Å². The molecule has 0 unspecified atom stereocenters. The number of methoxy groups -OCH3 is 1. The van der Waals surface area contributed by atoms with E-state index in [0.29, 0.717) is 5.56 Å². The van der Waals surface area contributed by atoms with Gasteiger partial charge in [-0.05, 0) is 17.7 Å². The van der Waals surface area contributed by atoms with Crippen molar-refractivity contribution in [3.8, 4) is 11.5 Å². The van der Waals surface area contributed by atoms with Gasteiger partial charge in [0.2, 0.25) is 0 Å². The second-order valence-corrected chi connectivity index (χ2v) is 3.11. The number of aromatic hydroxyl groups is 2. The van der Waals surface area contributed by atoms with Crippen LogP contribution in [0.5, 0.6) is 11.5 Å². The summed E-state index contributed by atoms with van der Waals surface area (Å²) in [4.78, 5) is 10.9. The number of halogens is 1. The summed E-state index contributed by atoms with van der Waals surface area (Å²) >= 11 is 5.58. The molecule has 1 aromatic carbocycles. The van der Waals surface area contributed by atoms with Crippen molar-refractivity contribution in [2.75, 3.05) is 7.11 Å². The first kappa shape index (κ1) is 10.7. The third kappa shape index (κ3) is 2.29. The molecule has 0 saturated heterocycles. The first-order chi connectivity index (χ1) is 6.54. The maximum Gasteiger partial charge on any atom is 0.309 e. The molecule has 0 amide bonds. The molecule has 0 aliphatic rings. The first-order valence-corrected chi connectivity index (χ1v) is 4.19. The Morgan fingerprint density at radius 1 is 1.50 bits per heavy atom. The molecule has 1 rings (SSSR count). The molecule has 0 fully saturated rings. The van der Waals surface area contributed by atoms with Crippen LogP contribution in [0.3, 0.4) is 0 Å². The van der Waals surface area contributed by atoms with Crippen molar-refractivity contribution in [2.24, 2.45) is 0 Å². The van der Waals surface area contributed by atoms with E-state index in [2.05, 4.69) is 4.74 Å². The number of hydrogen-bond acceptors (Lipinski definition) is 4. The van der Waals surface area contributed by atoms with Gasteiger partial charge in [-0.1, -0.05) is 11.6 Å². The molecule has 0 atom stereocenters. The largest absolute Gasteiger partial charge is 0.504 e. The summed E-state index contributed by atoms with van der Waals surface area (Å²) < 4.78 is 4.44. The standard InChI is InChI=1S/C9H9ClO4/c1-14-8(12)4-5-2-6(10)9(13)7(11)3-5/h2-3,11,13H,4H2,1H3. The van der Waals surface area contributed by atoms with E-state index in [1.54, 1.807) is 0 Å². The van der Waals surface area contributed by atoms with Gasteiger partial charge in [0.1, 0.15) is 0 Å². The highest BCUT2D eigenvalue weighted by atomic mass is 35.5. The summed E-state index contributed by atoms with van der Waals surface area (Å²) in [6.45, 7) is 0. The van der Waals surface area contributed by atoms with Crippen molar-refractivity contribution in [1.82, 2.24) is 0 Å². The zero-order chi connectivity index (χ0) is 10.7. The van der Waals surface area contributed by atoms with E-state index in [4.69, 9.17) is 16.7 Å². The SMILES string of the molecule is COC(=O)Cc1cc(O)c(O)c(Cl)c1. The molecule has 2 N–H and O–H groups in total. The average molecular weight is 217 g/mol. The Bertz CT molecular complexity index is 339. The van der Waals surface area contributed by atoms with Gasteiger partial charge in [0.25, 0.3) is 0 Å². The Labute approximate surface area is 85.7 Å². The third-order valence-corrected chi connectivity index (χ3v) is 1.97. The predicted molar refractivity (Wildman–Crippen MR) is 50.5 cm³/mol. The number of esters is 1. The van der Waals surface area contributed by atoms with Crippen LogP contribution >= 0.6 is 11.6 Å². The van der Waals surface area contributed by atoms with Crippen LogP contribution in [0.4, 0.5) is 0 Å². The van der Waals surface area contributed by atoms with E-state index < -0.39 is 5.97 Å². The van der Waals surface area contributed by atoms with Crippen molar-refractivity contribution in [3.05, 3.63) is 22.7 Å². The molecular weight excluding hydrogens is 208 g/mol. The minimum Gasteiger partial charge on any atom is -0.504 e. The van der Waals surface area contributed by atoms with Gasteiger partial charge in [0, 0.05) is 0 Å². The summed E-state index contributed by atoms with van der Waals surface area (Å²) in [6.07, 6.45) is 0.00403. The van der Waals surface area contributed by atoms with Crippen LogP contribution in [0.15, 0.2) is 12.1 Å². The Hall–Kier alpha value is -1.42. The smallest absolute Gasteiger partial charge is 0.309 e. The first-order valence-electron chi connectivity index (χ1n) is 3.81. The molecule has 1 aromatic rings. The average Bonchev–Trinajstić information content (AvgIpc) is 2.14. The molecule has 0 radical (unpaired) electrons. The molecule has 0 saturated carbocycles. The maximum atomic E-state index is 10.9. The van der Waals surface area contributed by atoms with Gasteiger partial charge in [-0.2, -0.15) is 0 Å². The van der Waals surface area contributed by atoms with E-state index in [9.17, 15) is 9.90 Å². The molecule has 0 aromatic heterocycles. The lowest BCUT2D eigenvalue weighted by molar-refractivity contribution is -0.139. The molecule has 14 heavy (non-hydrogen) atoms. The van der Waals surface area contributed by atoms with Crippen LogP contribution in [0.1, 0.15) is 5.56 Å². The summed E-state index contributed by atoms with van der Waals surface area (Å²) in [5, 5.41) is 18.3. The zero-order valence-corrected chi connectivity index (χ0v) is 8.21. The number of ether oxygens (including phenoxy) is 1. The van der Waals surface area contributed by atoms with Crippen LogP contribution in [-0.4, -0.2) is 23.3 Å². The second-order valence-electron chi connectivity index (χ2n) is 2.70. The van der Waals surface area contributed by atoms with Crippen LogP contribution < -0.4 is 0 Å². The van der Waals surface area contributed by atoms with E-state index in [1.807, 2.05) is 0 Å². The Morgan fingerprint density at radius 3 is 2.64 bits per heavy atom. The lowest BCUT2D eigenvalue weighted by Crippen LogP contribution is -2.04. The van der Waals surface area contributed by atoms with Gasteiger partial charge in [0.15, 0.2) is 11.5 Å². The van der Waals surface area contributed by atoms with Crippen molar-refractivity contribution in [2.45, 2.75) is 6.42 Å². The van der Waals surface area contributed by atoms with Crippen molar-refractivity contribution in [1.29, 1.82) is 0 Å². The number of rotatable bonds is 2.